The molecule has 3 aromatic rings. The van der Waals surface area contributed by atoms with Gasteiger partial charge in [0.15, 0.2) is 11.6 Å². The third-order valence-electron chi connectivity index (χ3n) is 4.18. The lowest BCUT2D eigenvalue weighted by Gasteiger charge is -2.15. The summed E-state index contributed by atoms with van der Waals surface area (Å²) in [7, 11) is 0. The lowest BCUT2D eigenvalue weighted by molar-refractivity contribution is -0.139. The minimum Gasteiger partial charge on any atom is -0.489 e. The fraction of sp³-hybridized carbons (Fsp3) is 0.200. The normalized spacial score (nSPS) is 11.8. The summed E-state index contributed by atoms with van der Waals surface area (Å²) in [6, 6.07) is 11.8. The Hall–Kier alpha value is -3.55. The summed E-state index contributed by atoms with van der Waals surface area (Å²) < 4.78 is 18.7. The second kappa shape index (κ2) is 8.90. The summed E-state index contributed by atoms with van der Waals surface area (Å²) in [5, 5.41) is 15.3. The zero-order valence-electron chi connectivity index (χ0n) is 14.9. The van der Waals surface area contributed by atoms with Crippen LogP contribution < -0.4 is 15.4 Å². The van der Waals surface area contributed by atoms with Crippen LogP contribution in [-0.2, 0) is 11.2 Å². The van der Waals surface area contributed by atoms with Gasteiger partial charge in [-0.15, -0.1) is 0 Å². The number of fused-ring (bicyclic) bond motifs is 1. The zero-order chi connectivity index (χ0) is 19.9. The highest BCUT2D eigenvalue weighted by Gasteiger charge is 2.21. The fourth-order valence-electron chi connectivity index (χ4n) is 2.82. The summed E-state index contributed by atoms with van der Waals surface area (Å²) in [4.78, 5) is 26.6. The lowest BCUT2D eigenvalue weighted by atomic mass is 10.1. The van der Waals surface area contributed by atoms with Gasteiger partial charge in [-0.05, 0) is 23.8 Å². The third kappa shape index (κ3) is 4.79. The summed E-state index contributed by atoms with van der Waals surface area (Å²) in [5.74, 6) is -1.54. The number of aromatic nitrogens is 1. The van der Waals surface area contributed by atoms with Crippen molar-refractivity contribution in [1.82, 2.24) is 15.6 Å². The maximum absolute atomic E-state index is 13.4. The third-order valence-corrected chi connectivity index (χ3v) is 4.18. The standard InChI is InChI=1S/C20H20FN3O4/c21-15-6-2-4-8-18(15)28-10-9-22-20(27)24-17(19(25)26)11-13-12-23-16-7-3-1-5-14(13)16/h1-8,12,17,23H,9-11H2,(H,25,26)(H2,22,24,27)/t17-/m1/s1. The van der Waals surface area contributed by atoms with Gasteiger partial charge in [0.25, 0.3) is 0 Å². The molecular formula is C20H20FN3O4. The number of carbonyl (C=O) groups excluding carboxylic acids is 1. The molecule has 0 saturated heterocycles. The van der Waals surface area contributed by atoms with Gasteiger partial charge in [-0.3, -0.25) is 0 Å². The molecule has 0 bridgehead atoms. The first-order valence-electron chi connectivity index (χ1n) is 8.74. The molecular weight excluding hydrogens is 365 g/mol. The van der Waals surface area contributed by atoms with E-state index in [1.54, 1.807) is 18.3 Å². The molecule has 0 aliphatic carbocycles. The monoisotopic (exact) mass is 385 g/mol. The number of para-hydroxylation sites is 2. The van der Waals surface area contributed by atoms with Crippen LogP contribution in [0.1, 0.15) is 5.56 Å². The van der Waals surface area contributed by atoms with E-state index >= 15 is 0 Å². The Labute approximate surface area is 160 Å². The average Bonchev–Trinajstić information content (AvgIpc) is 3.09. The van der Waals surface area contributed by atoms with Crippen LogP contribution in [0.25, 0.3) is 10.9 Å². The number of amides is 2. The highest BCUT2D eigenvalue weighted by Crippen LogP contribution is 2.19. The molecule has 2 amide bonds. The van der Waals surface area contributed by atoms with Crippen molar-refractivity contribution in [2.75, 3.05) is 13.2 Å². The van der Waals surface area contributed by atoms with Crippen LogP contribution in [-0.4, -0.2) is 41.3 Å². The van der Waals surface area contributed by atoms with Crippen molar-refractivity contribution in [1.29, 1.82) is 0 Å². The lowest BCUT2D eigenvalue weighted by Crippen LogP contribution is -2.47. The maximum atomic E-state index is 13.4. The van der Waals surface area contributed by atoms with Crippen LogP contribution in [0, 0.1) is 5.82 Å². The molecule has 7 nitrogen and oxygen atoms in total. The number of halogens is 1. The number of ether oxygens (including phenoxy) is 1. The van der Waals surface area contributed by atoms with Crippen molar-refractivity contribution >= 4 is 22.9 Å². The molecule has 0 unspecified atom stereocenters. The minimum atomic E-state index is -1.14. The molecule has 0 aliphatic rings. The van der Waals surface area contributed by atoms with Gasteiger partial charge in [0.05, 0.1) is 6.54 Å². The van der Waals surface area contributed by atoms with E-state index in [1.165, 1.54) is 12.1 Å². The molecule has 8 heteroatoms. The van der Waals surface area contributed by atoms with Crippen LogP contribution in [0.5, 0.6) is 5.75 Å². The van der Waals surface area contributed by atoms with E-state index in [-0.39, 0.29) is 25.3 Å². The molecule has 0 spiro atoms. The van der Waals surface area contributed by atoms with E-state index in [0.717, 1.165) is 16.5 Å². The molecule has 3 rings (SSSR count). The van der Waals surface area contributed by atoms with E-state index in [2.05, 4.69) is 15.6 Å². The number of rotatable bonds is 8. The SMILES string of the molecule is O=C(NCCOc1ccccc1F)N[C@H](Cc1c[nH]c2ccccc12)C(=O)O. The number of benzene rings is 2. The molecule has 0 fully saturated rings. The number of carbonyl (C=O) groups is 2. The smallest absolute Gasteiger partial charge is 0.326 e. The Morgan fingerprint density at radius 3 is 2.68 bits per heavy atom. The quantitative estimate of drug-likeness (QED) is 0.448. The van der Waals surface area contributed by atoms with Gasteiger partial charge in [0, 0.05) is 23.5 Å². The fourth-order valence-corrected chi connectivity index (χ4v) is 2.82. The predicted octanol–water partition coefficient (Wildman–Crippen LogP) is 2.68. The molecule has 0 radical (unpaired) electrons. The van der Waals surface area contributed by atoms with Gasteiger partial charge in [-0.2, -0.15) is 0 Å². The number of hydrogen-bond donors (Lipinski definition) is 4. The van der Waals surface area contributed by atoms with Gasteiger partial charge < -0.3 is 25.5 Å². The number of hydrogen-bond acceptors (Lipinski definition) is 3. The van der Waals surface area contributed by atoms with Gasteiger partial charge in [-0.1, -0.05) is 30.3 Å². The van der Waals surface area contributed by atoms with Crippen LogP contribution in [0.4, 0.5) is 9.18 Å². The minimum absolute atomic E-state index is 0.0501. The van der Waals surface area contributed by atoms with Crippen molar-refractivity contribution in [3.63, 3.8) is 0 Å². The highest BCUT2D eigenvalue weighted by atomic mass is 19.1. The average molecular weight is 385 g/mol. The first-order chi connectivity index (χ1) is 13.5. The molecule has 0 saturated carbocycles. The van der Waals surface area contributed by atoms with Crippen molar-refractivity contribution < 1.29 is 23.8 Å². The van der Waals surface area contributed by atoms with Gasteiger partial charge in [0.1, 0.15) is 12.6 Å². The van der Waals surface area contributed by atoms with E-state index in [1.807, 2.05) is 24.3 Å². The Kier molecular flexibility index (Phi) is 6.11. The first-order valence-corrected chi connectivity index (χ1v) is 8.74. The Balaban J connectivity index is 1.50. The zero-order valence-corrected chi connectivity index (χ0v) is 14.9. The maximum Gasteiger partial charge on any atom is 0.326 e. The molecule has 28 heavy (non-hydrogen) atoms. The number of carboxylic acid groups (broad SMARTS) is 1. The summed E-state index contributed by atoms with van der Waals surface area (Å²) in [6.45, 7) is 0.147. The van der Waals surface area contributed by atoms with E-state index in [0.29, 0.717) is 0 Å². The van der Waals surface area contributed by atoms with Gasteiger partial charge in [0.2, 0.25) is 0 Å². The van der Waals surface area contributed by atoms with Crippen LogP contribution in [0.15, 0.2) is 54.7 Å². The largest absolute Gasteiger partial charge is 0.489 e. The van der Waals surface area contributed by atoms with Crippen LogP contribution >= 0.6 is 0 Å². The molecule has 4 N–H and O–H groups in total. The molecule has 1 aromatic heterocycles. The van der Waals surface area contributed by atoms with Crippen molar-refractivity contribution in [2.45, 2.75) is 12.5 Å². The van der Waals surface area contributed by atoms with Gasteiger partial charge in [-0.25, -0.2) is 14.0 Å². The number of carboxylic acids is 1. The van der Waals surface area contributed by atoms with Crippen molar-refractivity contribution in [3.05, 3.63) is 66.1 Å². The molecule has 1 heterocycles. The summed E-state index contributed by atoms with van der Waals surface area (Å²) in [6.07, 6.45) is 1.88. The van der Waals surface area contributed by atoms with Crippen LogP contribution in [0.3, 0.4) is 0 Å². The number of aliphatic carboxylic acids is 1. The second-order valence-corrected chi connectivity index (χ2v) is 6.13. The van der Waals surface area contributed by atoms with Crippen molar-refractivity contribution in [2.24, 2.45) is 0 Å². The van der Waals surface area contributed by atoms with E-state index in [4.69, 9.17) is 4.74 Å². The van der Waals surface area contributed by atoms with Crippen LogP contribution in [0.2, 0.25) is 0 Å². The van der Waals surface area contributed by atoms with E-state index < -0.39 is 23.9 Å². The number of aromatic amines is 1. The molecule has 146 valence electrons. The molecule has 1 atom stereocenters. The Morgan fingerprint density at radius 2 is 1.89 bits per heavy atom. The number of urea groups is 1. The molecule has 2 aromatic carbocycles. The Bertz CT molecular complexity index is 973. The second-order valence-electron chi connectivity index (χ2n) is 6.13. The van der Waals surface area contributed by atoms with Crippen molar-refractivity contribution in [3.8, 4) is 5.75 Å². The highest BCUT2D eigenvalue weighted by molar-refractivity contribution is 5.86. The summed E-state index contributed by atoms with van der Waals surface area (Å²) >= 11 is 0. The first kappa shape index (κ1) is 19.2. The van der Waals surface area contributed by atoms with E-state index in [9.17, 15) is 19.1 Å². The predicted molar refractivity (Wildman–Crippen MR) is 102 cm³/mol. The summed E-state index contributed by atoms with van der Waals surface area (Å²) in [5.41, 5.74) is 1.70. The van der Waals surface area contributed by atoms with Gasteiger partial charge >= 0.3 is 12.0 Å². The number of H-pyrrole nitrogens is 1. The number of nitrogens with one attached hydrogen (secondary N) is 3. The topological polar surface area (TPSA) is 103 Å². The Morgan fingerprint density at radius 1 is 1.14 bits per heavy atom. The molecule has 0 aliphatic heterocycles.